The number of aromatic hydroxyl groups is 1. The molecule has 0 bridgehead atoms. The van der Waals surface area contributed by atoms with Crippen LogP contribution in [0.4, 0.5) is 5.69 Å². The Labute approximate surface area is 168 Å². The van der Waals surface area contributed by atoms with Gasteiger partial charge in [-0.25, -0.2) is 0 Å². The molecule has 8 nitrogen and oxygen atoms in total. The molecule has 154 valence electrons. The van der Waals surface area contributed by atoms with Crippen LogP contribution in [0.2, 0.25) is 0 Å². The Bertz CT molecular complexity index is 976. The fourth-order valence-corrected chi connectivity index (χ4v) is 3.13. The van der Waals surface area contributed by atoms with Gasteiger partial charge in [0.05, 0.1) is 23.0 Å². The van der Waals surface area contributed by atoms with Crippen molar-refractivity contribution in [3.8, 4) is 5.75 Å². The second-order valence-electron chi connectivity index (χ2n) is 7.14. The molecule has 8 heteroatoms. The Hall–Kier alpha value is -3.26. The van der Waals surface area contributed by atoms with Gasteiger partial charge >= 0.3 is 0 Å². The van der Waals surface area contributed by atoms with Crippen LogP contribution in [0.15, 0.2) is 46.1 Å². The van der Waals surface area contributed by atoms with Crippen LogP contribution >= 0.6 is 0 Å². The van der Waals surface area contributed by atoms with E-state index in [2.05, 4.69) is 10.6 Å². The van der Waals surface area contributed by atoms with Crippen molar-refractivity contribution in [3.63, 3.8) is 0 Å². The zero-order valence-corrected chi connectivity index (χ0v) is 16.8. The van der Waals surface area contributed by atoms with Crippen molar-refractivity contribution >= 4 is 17.4 Å². The van der Waals surface area contributed by atoms with Gasteiger partial charge in [0.15, 0.2) is 11.9 Å². The van der Waals surface area contributed by atoms with E-state index in [1.807, 2.05) is 26.0 Å². The van der Waals surface area contributed by atoms with Gasteiger partial charge in [-0.1, -0.05) is 13.0 Å². The Morgan fingerprint density at radius 3 is 2.59 bits per heavy atom. The first-order valence-corrected chi connectivity index (χ1v) is 9.34. The summed E-state index contributed by atoms with van der Waals surface area (Å²) in [7, 11) is 3.17. The van der Waals surface area contributed by atoms with Crippen LogP contribution in [0.1, 0.15) is 41.3 Å². The third-order valence-electron chi connectivity index (χ3n) is 4.81. The number of furan rings is 1. The van der Waals surface area contributed by atoms with Crippen molar-refractivity contribution in [2.24, 2.45) is 0 Å². The second-order valence-corrected chi connectivity index (χ2v) is 7.14. The third kappa shape index (κ3) is 3.84. The van der Waals surface area contributed by atoms with Gasteiger partial charge in [-0.2, -0.15) is 0 Å². The van der Waals surface area contributed by atoms with E-state index in [1.54, 1.807) is 26.2 Å². The summed E-state index contributed by atoms with van der Waals surface area (Å²) in [6.45, 7) is 3.79. The number of aliphatic hydroxyl groups is 1. The number of benzene rings is 1. The monoisotopic (exact) mass is 399 g/mol. The molecule has 1 aliphatic rings. The quantitative estimate of drug-likeness (QED) is 0.528. The van der Waals surface area contributed by atoms with E-state index >= 15 is 0 Å². The lowest BCUT2D eigenvalue weighted by atomic mass is 9.93. The SMILES string of the molecule is CCC(NC1=C(Nc2cccc(C(=O)N(C)C)c2O)C(O)C1=O)c1ccc(C)o1. The molecule has 1 aromatic heterocycles. The molecule has 2 atom stereocenters. The number of para-hydroxylation sites is 1. The molecule has 0 spiro atoms. The summed E-state index contributed by atoms with van der Waals surface area (Å²) < 4.78 is 5.64. The molecule has 3 rings (SSSR count). The van der Waals surface area contributed by atoms with Crippen molar-refractivity contribution in [2.75, 3.05) is 19.4 Å². The summed E-state index contributed by atoms with van der Waals surface area (Å²) in [5.74, 6) is 0.391. The number of hydrogen-bond acceptors (Lipinski definition) is 7. The van der Waals surface area contributed by atoms with E-state index in [1.165, 1.54) is 11.0 Å². The molecule has 0 fully saturated rings. The molecule has 1 aliphatic carbocycles. The van der Waals surface area contributed by atoms with E-state index in [0.29, 0.717) is 12.2 Å². The number of amides is 1. The van der Waals surface area contributed by atoms with Crippen LogP contribution in [0, 0.1) is 6.92 Å². The summed E-state index contributed by atoms with van der Waals surface area (Å²) in [5.41, 5.74) is 0.803. The fourth-order valence-electron chi connectivity index (χ4n) is 3.13. The summed E-state index contributed by atoms with van der Waals surface area (Å²) >= 11 is 0. The van der Waals surface area contributed by atoms with Crippen LogP contribution < -0.4 is 10.6 Å². The predicted octanol–water partition coefficient (Wildman–Crippen LogP) is 2.30. The number of aryl methyl sites for hydroxylation is 1. The van der Waals surface area contributed by atoms with E-state index in [0.717, 1.165) is 5.76 Å². The zero-order chi connectivity index (χ0) is 21.3. The molecule has 0 radical (unpaired) electrons. The Morgan fingerprint density at radius 1 is 1.28 bits per heavy atom. The standard InChI is InChI=1S/C21H25N3O5/c1-5-13(15-10-9-11(2)29-15)22-16-17(20(27)19(16)26)23-14-8-6-7-12(18(14)25)21(28)24(3)4/h6-10,13,20,22-23,25,27H,5H2,1-4H3. The minimum Gasteiger partial charge on any atom is -0.505 e. The second kappa shape index (κ2) is 8.00. The lowest BCUT2D eigenvalue weighted by molar-refractivity contribution is -0.125. The van der Waals surface area contributed by atoms with Crippen molar-refractivity contribution in [2.45, 2.75) is 32.4 Å². The van der Waals surface area contributed by atoms with E-state index < -0.39 is 11.9 Å². The first kappa shape index (κ1) is 20.5. The van der Waals surface area contributed by atoms with Gasteiger partial charge in [-0.05, 0) is 37.6 Å². The topological polar surface area (TPSA) is 115 Å². The predicted molar refractivity (Wildman–Crippen MR) is 107 cm³/mol. The molecule has 4 N–H and O–H groups in total. The molecule has 0 saturated heterocycles. The van der Waals surface area contributed by atoms with Gasteiger partial charge in [0, 0.05) is 14.1 Å². The number of anilines is 1. The number of nitrogens with zero attached hydrogens (tertiary/aromatic N) is 1. The summed E-state index contributed by atoms with van der Waals surface area (Å²) in [5, 5.41) is 26.6. The Morgan fingerprint density at radius 2 is 2.00 bits per heavy atom. The van der Waals surface area contributed by atoms with Gasteiger partial charge in [0.25, 0.3) is 5.91 Å². The number of hydrogen-bond donors (Lipinski definition) is 4. The van der Waals surface area contributed by atoms with Crippen LogP contribution in [-0.2, 0) is 4.79 Å². The molecule has 2 aromatic rings. The van der Waals surface area contributed by atoms with Crippen molar-refractivity contribution in [3.05, 3.63) is 58.8 Å². The maximum atomic E-state index is 12.2. The Kier molecular flexibility index (Phi) is 5.65. The fraction of sp³-hybridized carbons (Fsp3) is 0.333. The summed E-state index contributed by atoms with van der Waals surface area (Å²) in [4.78, 5) is 25.8. The molecule has 1 heterocycles. The molecule has 29 heavy (non-hydrogen) atoms. The number of phenolic OH excluding ortho intramolecular Hbond substituents is 1. The van der Waals surface area contributed by atoms with Gasteiger partial charge in [-0.15, -0.1) is 0 Å². The van der Waals surface area contributed by atoms with Crippen LogP contribution in [0.5, 0.6) is 5.75 Å². The van der Waals surface area contributed by atoms with Gasteiger partial charge in [-0.3, -0.25) is 9.59 Å². The number of Topliss-reactive ketones (excluding diaryl/α,β-unsaturated/α-hetero) is 1. The van der Waals surface area contributed by atoms with E-state index in [4.69, 9.17) is 4.42 Å². The van der Waals surface area contributed by atoms with Crippen molar-refractivity contribution in [1.82, 2.24) is 10.2 Å². The van der Waals surface area contributed by atoms with E-state index in [9.17, 15) is 19.8 Å². The minimum atomic E-state index is -1.33. The maximum absolute atomic E-state index is 12.2. The normalized spacial score (nSPS) is 17.0. The highest BCUT2D eigenvalue weighted by molar-refractivity contribution is 6.09. The molecule has 1 amide bonds. The van der Waals surface area contributed by atoms with Crippen LogP contribution in [-0.4, -0.2) is 47.0 Å². The highest BCUT2D eigenvalue weighted by atomic mass is 16.3. The number of carbonyl (C=O) groups is 2. The van der Waals surface area contributed by atoms with Crippen molar-refractivity contribution < 1.29 is 24.2 Å². The first-order valence-electron chi connectivity index (χ1n) is 9.34. The average molecular weight is 399 g/mol. The largest absolute Gasteiger partial charge is 0.505 e. The van der Waals surface area contributed by atoms with Gasteiger partial charge < -0.3 is 30.2 Å². The van der Waals surface area contributed by atoms with Gasteiger partial charge in [0.1, 0.15) is 17.2 Å². The van der Waals surface area contributed by atoms with Gasteiger partial charge in [0.2, 0.25) is 5.78 Å². The number of aliphatic hydroxyl groups excluding tert-OH is 1. The van der Waals surface area contributed by atoms with E-state index in [-0.39, 0.29) is 40.3 Å². The Balaban J connectivity index is 1.89. The molecule has 1 aromatic carbocycles. The van der Waals surface area contributed by atoms with Crippen LogP contribution in [0.3, 0.4) is 0 Å². The maximum Gasteiger partial charge on any atom is 0.257 e. The number of phenols is 1. The molecule has 2 unspecified atom stereocenters. The molecule has 0 aliphatic heterocycles. The summed E-state index contributed by atoms with van der Waals surface area (Å²) in [6, 6.07) is 8.11. The van der Waals surface area contributed by atoms with Crippen molar-refractivity contribution in [1.29, 1.82) is 0 Å². The minimum absolute atomic E-state index is 0.118. The lowest BCUT2D eigenvalue weighted by Gasteiger charge is -2.32. The first-order chi connectivity index (χ1) is 13.7. The molecular formula is C21H25N3O5. The number of nitrogens with one attached hydrogen (secondary N) is 2. The summed E-state index contributed by atoms with van der Waals surface area (Å²) in [6.07, 6.45) is -0.675. The molecule has 0 saturated carbocycles. The number of ketones is 1. The number of carbonyl (C=O) groups excluding carboxylic acids is 2. The lowest BCUT2D eigenvalue weighted by Crippen LogP contribution is -2.46. The highest BCUT2D eigenvalue weighted by Crippen LogP contribution is 2.34. The smallest absolute Gasteiger partial charge is 0.257 e. The highest BCUT2D eigenvalue weighted by Gasteiger charge is 2.40. The number of rotatable bonds is 7. The average Bonchev–Trinajstić information content (AvgIpc) is 3.13. The van der Waals surface area contributed by atoms with Crippen LogP contribution in [0.25, 0.3) is 0 Å². The third-order valence-corrected chi connectivity index (χ3v) is 4.81. The zero-order valence-electron chi connectivity index (χ0n) is 16.8. The molecular weight excluding hydrogens is 374 g/mol.